The Morgan fingerprint density at radius 1 is 1.43 bits per heavy atom. The van der Waals surface area contributed by atoms with Gasteiger partial charge in [-0.3, -0.25) is 0 Å². The average molecular weight is 289 g/mol. The first-order valence-electron chi connectivity index (χ1n) is 6.37. The summed E-state index contributed by atoms with van der Waals surface area (Å²) >= 11 is 0. The number of esters is 1. The molecule has 0 aliphatic heterocycles. The number of hydrogen-bond donors (Lipinski definition) is 2. The van der Waals surface area contributed by atoms with Crippen molar-refractivity contribution in [2.75, 3.05) is 18.2 Å². The predicted molar refractivity (Wildman–Crippen MR) is 78.4 cm³/mol. The molecule has 21 heavy (non-hydrogen) atoms. The summed E-state index contributed by atoms with van der Waals surface area (Å²) in [5.74, 6) is -0.489. The van der Waals surface area contributed by atoms with Gasteiger partial charge in [0.2, 0.25) is 0 Å². The molecule has 1 aromatic carbocycles. The molecule has 0 saturated carbocycles. The van der Waals surface area contributed by atoms with E-state index in [1.54, 1.807) is 12.1 Å². The molecule has 1 heterocycles. The summed E-state index contributed by atoms with van der Waals surface area (Å²) in [7, 11) is 1.28. The SMILES string of the molecule is COC(=O)c1ccnc(NC(C)c2cccc(F)c2)c1N. The number of aromatic nitrogens is 1. The molecule has 1 unspecified atom stereocenters. The minimum absolute atomic E-state index is 0.201. The lowest BCUT2D eigenvalue weighted by Crippen LogP contribution is -2.13. The monoisotopic (exact) mass is 289 g/mol. The van der Waals surface area contributed by atoms with Crippen LogP contribution in [0.15, 0.2) is 36.5 Å². The minimum atomic E-state index is -0.531. The Balaban J connectivity index is 2.25. The number of anilines is 2. The topological polar surface area (TPSA) is 77.2 Å². The fourth-order valence-electron chi connectivity index (χ4n) is 1.94. The normalized spacial score (nSPS) is 11.8. The highest BCUT2D eigenvalue weighted by Crippen LogP contribution is 2.25. The number of nitrogens with zero attached hydrogens (tertiary/aromatic N) is 1. The van der Waals surface area contributed by atoms with Crippen LogP contribution >= 0.6 is 0 Å². The van der Waals surface area contributed by atoms with Gasteiger partial charge in [-0.1, -0.05) is 12.1 Å². The van der Waals surface area contributed by atoms with Crippen LogP contribution in [0.1, 0.15) is 28.9 Å². The van der Waals surface area contributed by atoms with Crippen LogP contribution in [-0.4, -0.2) is 18.1 Å². The summed E-state index contributed by atoms with van der Waals surface area (Å²) in [6, 6.07) is 7.49. The molecule has 2 rings (SSSR count). The summed E-state index contributed by atoms with van der Waals surface area (Å²) in [6.07, 6.45) is 1.46. The Morgan fingerprint density at radius 3 is 2.86 bits per heavy atom. The quantitative estimate of drug-likeness (QED) is 0.846. The summed E-state index contributed by atoms with van der Waals surface area (Å²) in [4.78, 5) is 15.7. The molecule has 1 atom stereocenters. The van der Waals surface area contributed by atoms with Gasteiger partial charge >= 0.3 is 5.97 Å². The third-order valence-corrected chi connectivity index (χ3v) is 3.10. The van der Waals surface area contributed by atoms with E-state index < -0.39 is 5.97 Å². The molecule has 1 aromatic heterocycles. The first kappa shape index (κ1) is 14.8. The van der Waals surface area contributed by atoms with Crippen molar-refractivity contribution in [2.24, 2.45) is 0 Å². The number of hydrogen-bond acceptors (Lipinski definition) is 5. The lowest BCUT2D eigenvalue weighted by Gasteiger charge is -2.17. The van der Waals surface area contributed by atoms with E-state index in [0.29, 0.717) is 5.82 Å². The summed E-state index contributed by atoms with van der Waals surface area (Å²) < 4.78 is 17.9. The average Bonchev–Trinajstić information content (AvgIpc) is 2.48. The van der Waals surface area contributed by atoms with E-state index in [2.05, 4.69) is 15.0 Å². The molecule has 3 N–H and O–H groups in total. The van der Waals surface area contributed by atoms with Crippen LogP contribution in [0.5, 0.6) is 0 Å². The van der Waals surface area contributed by atoms with Gasteiger partial charge < -0.3 is 15.8 Å². The van der Waals surface area contributed by atoms with Gasteiger partial charge in [0, 0.05) is 6.20 Å². The highest BCUT2D eigenvalue weighted by Gasteiger charge is 2.15. The van der Waals surface area contributed by atoms with Gasteiger partial charge in [-0.2, -0.15) is 0 Å². The van der Waals surface area contributed by atoms with Crippen LogP contribution in [0.4, 0.5) is 15.9 Å². The molecule has 0 saturated heterocycles. The van der Waals surface area contributed by atoms with Crippen LogP contribution in [-0.2, 0) is 4.74 Å². The van der Waals surface area contributed by atoms with Gasteiger partial charge in [-0.05, 0) is 30.7 Å². The van der Waals surface area contributed by atoms with Crippen molar-refractivity contribution in [3.05, 3.63) is 53.5 Å². The number of benzene rings is 1. The molecule has 2 aromatic rings. The number of nitrogens with one attached hydrogen (secondary N) is 1. The van der Waals surface area contributed by atoms with Gasteiger partial charge in [0.25, 0.3) is 0 Å². The van der Waals surface area contributed by atoms with Crippen molar-refractivity contribution < 1.29 is 13.9 Å². The second-order valence-electron chi connectivity index (χ2n) is 4.53. The number of nitrogens with two attached hydrogens (primary N) is 1. The van der Waals surface area contributed by atoms with Gasteiger partial charge in [0.05, 0.1) is 24.4 Å². The maximum Gasteiger partial charge on any atom is 0.340 e. The van der Waals surface area contributed by atoms with Crippen LogP contribution in [0.3, 0.4) is 0 Å². The van der Waals surface area contributed by atoms with E-state index in [0.717, 1.165) is 5.56 Å². The standard InChI is InChI=1S/C15H16FN3O2/c1-9(10-4-3-5-11(16)8-10)19-14-13(17)12(6-7-18-14)15(20)21-2/h3-9H,17H2,1-2H3,(H,18,19). The Morgan fingerprint density at radius 2 is 2.19 bits per heavy atom. The maximum absolute atomic E-state index is 13.2. The van der Waals surface area contributed by atoms with E-state index in [1.165, 1.54) is 31.5 Å². The molecule has 0 spiro atoms. The molecular weight excluding hydrogens is 273 g/mol. The molecule has 5 nitrogen and oxygen atoms in total. The van der Waals surface area contributed by atoms with Crippen molar-refractivity contribution in [2.45, 2.75) is 13.0 Å². The maximum atomic E-state index is 13.2. The third-order valence-electron chi connectivity index (χ3n) is 3.10. The van der Waals surface area contributed by atoms with Crippen molar-refractivity contribution in [3.63, 3.8) is 0 Å². The lowest BCUT2D eigenvalue weighted by molar-refractivity contribution is 0.0602. The molecule has 110 valence electrons. The van der Waals surface area contributed by atoms with Gasteiger partial charge in [0.1, 0.15) is 5.82 Å². The fraction of sp³-hybridized carbons (Fsp3) is 0.200. The summed E-state index contributed by atoms with van der Waals surface area (Å²) in [5.41, 5.74) is 7.10. The zero-order valence-corrected chi connectivity index (χ0v) is 11.8. The van der Waals surface area contributed by atoms with Crippen molar-refractivity contribution in [1.82, 2.24) is 4.98 Å². The first-order valence-corrected chi connectivity index (χ1v) is 6.37. The second-order valence-corrected chi connectivity index (χ2v) is 4.53. The summed E-state index contributed by atoms with van der Waals surface area (Å²) in [5, 5.41) is 3.06. The Kier molecular flexibility index (Phi) is 4.37. The smallest absolute Gasteiger partial charge is 0.340 e. The molecule has 0 aliphatic carbocycles. The highest BCUT2D eigenvalue weighted by atomic mass is 19.1. The molecule has 0 bridgehead atoms. The van der Waals surface area contributed by atoms with E-state index in [1.807, 2.05) is 6.92 Å². The zero-order valence-electron chi connectivity index (χ0n) is 11.8. The third kappa shape index (κ3) is 3.28. The first-order chi connectivity index (χ1) is 10.0. The molecule has 0 aliphatic rings. The van der Waals surface area contributed by atoms with Crippen molar-refractivity contribution in [1.29, 1.82) is 0 Å². The predicted octanol–water partition coefficient (Wildman–Crippen LogP) is 2.76. The number of carbonyl (C=O) groups excluding carboxylic acids is 1. The summed E-state index contributed by atoms with van der Waals surface area (Å²) in [6.45, 7) is 1.85. The Bertz CT molecular complexity index is 661. The van der Waals surface area contributed by atoms with Crippen LogP contribution < -0.4 is 11.1 Å². The van der Waals surface area contributed by atoms with E-state index in [4.69, 9.17) is 5.73 Å². The van der Waals surface area contributed by atoms with Crippen LogP contribution in [0, 0.1) is 5.82 Å². The minimum Gasteiger partial charge on any atom is -0.465 e. The molecule has 0 radical (unpaired) electrons. The highest BCUT2D eigenvalue weighted by molar-refractivity contribution is 5.97. The number of halogens is 1. The number of rotatable bonds is 4. The molecule has 0 amide bonds. The molecule has 6 heteroatoms. The van der Waals surface area contributed by atoms with Crippen molar-refractivity contribution >= 4 is 17.5 Å². The lowest BCUT2D eigenvalue weighted by atomic mass is 10.1. The number of carbonyl (C=O) groups is 1. The van der Waals surface area contributed by atoms with E-state index >= 15 is 0 Å². The number of pyridine rings is 1. The number of ether oxygens (including phenoxy) is 1. The number of methoxy groups -OCH3 is 1. The van der Waals surface area contributed by atoms with Crippen LogP contribution in [0.2, 0.25) is 0 Å². The fourth-order valence-corrected chi connectivity index (χ4v) is 1.94. The van der Waals surface area contributed by atoms with Gasteiger partial charge in [0.15, 0.2) is 5.82 Å². The van der Waals surface area contributed by atoms with Crippen molar-refractivity contribution in [3.8, 4) is 0 Å². The van der Waals surface area contributed by atoms with E-state index in [9.17, 15) is 9.18 Å². The zero-order chi connectivity index (χ0) is 15.4. The Labute approximate surface area is 121 Å². The number of nitrogen functional groups attached to an aromatic ring is 1. The van der Waals surface area contributed by atoms with Gasteiger partial charge in [-0.15, -0.1) is 0 Å². The van der Waals surface area contributed by atoms with E-state index in [-0.39, 0.29) is 23.1 Å². The van der Waals surface area contributed by atoms with Crippen LogP contribution in [0.25, 0.3) is 0 Å². The van der Waals surface area contributed by atoms with Gasteiger partial charge in [-0.25, -0.2) is 14.2 Å². The molecular formula is C15H16FN3O2. The Hall–Kier alpha value is -2.63. The second kappa shape index (κ2) is 6.21. The molecule has 0 fully saturated rings. The largest absolute Gasteiger partial charge is 0.465 e.